The molecule has 5 heteroatoms. The summed E-state index contributed by atoms with van der Waals surface area (Å²) in [5.74, 6) is -2.16. The second kappa shape index (κ2) is 3.80. The quantitative estimate of drug-likeness (QED) is 0.484. The van der Waals surface area contributed by atoms with Gasteiger partial charge in [-0.25, -0.2) is 13.6 Å². The molecule has 0 aromatic rings. The van der Waals surface area contributed by atoms with E-state index in [0.717, 1.165) is 0 Å². The predicted molar refractivity (Wildman–Crippen MR) is 35.3 cm³/mol. The fraction of sp³-hybridized carbons (Fsp3) is 0.857. The Kier molecular flexibility index (Phi) is 2.97. The Morgan fingerprint density at radius 2 is 2.33 bits per heavy atom. The van der Waals surface area contributed by atoms with Gasteiger partial charge >= 0.3 is 5.97 Å². The Balaban J connectivity index is 2.19. The fourth-order valence-corrected chi connectivity index (χ4v) is 0.943. The smallest absolute Gasteiger partial charge is 0.298 e. The highest BCUT2D eigenvalue weighted by molar-refractivity contribution is 5.75. The molecule has 0 aliphatic heterocycles. The van der Waals surface area contributed by atoms with Gasteiger partial charge in [-0.2, -0.15) is 4.89 Å². The van der Waals surface area contributed by atoms with Crippen LogP contribution in [0.5, 0.6) is 0 Å². The molecule has 1 aliphatic carbocycles. The molecular formula is C7H10F2O3. The molecule has 0 heterocycles. The van der Waals surface area contributed by atoms with E-state index in [4.69, 9.17) is 0 Å². The van der Waals surface area contributed by atoms with Crippen LogP contribution in [0, 0.1) is 11.8 Å². The molecule has 0 N–H and O–H groups in total. The molecule has 0 aromatic carbocycles. The van der Waals surface area contributed by atoms with Crippen LogP contribution in [0.15, 0.2) is 0 Å². The summed E-state index contributed by atoms with van der Waals surface area (Å²) in [6.07, 6.45) is -2.21. The van der Waals surface area contributed by atoms with Crippen LogP contribution in [-0.4, -0.2) is 19.0 Å². The molecule has 70 valence electrons. The first-order chi connectivity index (χ1) is 5.66. The van der Waals surface area contributed by atoms with Crippen LogP contribution in [0.25, 0.3) is 0 Å². The Morgan fingerprint density at radius 1 is 1.67 bits per heavy atom. The second-order valence-electron chi connectivity index (χ2n) is 2.65. The van der Waals surface area contributed by atoms with Crippen LogP contribution in [0.2, 0.25) is 0 Å². The van der Waals surface area contributed by atoms with Crippen LogP contribution in [-0.2, 0) is 14.6 Å². The van der Waals surface area contributed by atoms with Crippen molar-refractivity contribution in [3.63, 3.8) is 0 Å². The van der Waals surface area contributed by atoms with Crippen molar-refractivity contribution in [2.45, 2.75) is 19.8 Å². The Bertz CT molecular complexity index is 172. The minimum absolute atomic E-state index is 0.212. The Morgan fingerprint density at radius 3 is 2.75 bits per heavy atom. The molecule has 3 nitrogen and oxygen atoms in total. The van der Waals surface area contributed by atoms with Gasteiger partial charge in [0.1, 0.15) is 0 Å². The van der Waals surface area contributed by atoms with E-state index >= 15 is 0 Å². The largest absolute Gasteiger partial charge is 0.345 e. The molecule has 0 aromatic heterocycles. The van der Waals surface area contributed by atoms with Crippen molar-refractivity contribution in [1.82, 2.24) is 0 Å². The first-order valence-electron chi connectivity index (χ1n) is 3.78. The third-order valence-corrected chi connectivity index (χ3v) is 1.73. The van der Waals surface area contributed by atoms with Gasteiger partial charge in [0, 0.05) is 5.92 Å². The summed E-state index contributed by atoms with van der Waals surface area (Å²) in [7, 11) is 0. The highest BCUT2D eigenvalue weighted by Crippen LogP contribution is 2.43. The van der Waals surface area contributed by atoms with Crippen LogP contribution in [0.3, 0.4) is 0 Å². The molecule has 1 rings (SSSR count). The molecule has 0 unspecified atom stereocenters. The summed E-state index contributed by atoms with van der Waals surface area (Å²) in [5, 5.41) is 0. The first kappa shape index (κ1) is 9.38. The minimum Gasteiger partial charge on any atom is -0.298 e. The summed E-state index contributed by atoms with van der Waals surface area (Å²) < 4.78 is 23.8. The van der Waals surface area contributed by atoms with Gasteiger partial charge in [0.2, 0.25) is 6.43 Å². The summed E-state index contributed by atoms with van der Waals surface area (Å²) in [6, 6.07) is 0. The fourth-order valence-electron chi connectivity index (χ4n) is 0.943. The van der Waals surface area contributed by atoms with Crippen molar-refractivity contribution in [3.8, 4) is 0 Å². The molecule has 0 radical (unpaired) electrons. The average molecular weight is 180 g/mol. The van der Waals surface area contributed by atoms with Gasteiger partial charge in [-0.1, -0.05) is 0 Å². The molecule has 1 saturated carbocycles. The lowest BCUT2D eigenvalue weighted by atomic mass is 10.3. The van der Waals surface area contributed by atoms with Crippen LogP contribution in [0.4, 0.5) is 8.78 Å². The predicted octanol–water partition coefficient (Wildman–Crippen LogP) is 1.38. The zero-order valence-electron chi connectivity index (χ0n) is 6.63. The third-order valence-electron chi connectivity index (χ3n) is 1.73. The van der Waals surface area contributed by atoms with Gasteiger partial charge in [0.05, 0.1) is 12.5 Å². The van der Waals surface area contributed by atoms with Crippen LogP contribution in [0.1, 0.15) is 13.3 Å². The molecule has 2 atom stereocenters. The number of carbonyl (C=O) groups excluding carboxylic acids is 1. The Hall–Kier alpha value is -0.710. The lowest BCUT2D eigenvalue weighted by Crippen LogP contribution is -2.10. The lowest BCUT2D eigenvalue weighted by Gasteiger charge is -1.99. The number of carbonyl (C=O) groups is 1. The SMILES string of the molecule is CCOOC(=O)[C@H]1C[C@H]1C(F)F. The molecule has 0 saturated heterocycles. The maximum absolute atomic E-state index is 11.9. The van der Waals surface area contributed by atoms with Crippen molar-refractivity contribution >= 4 is 5.97 Å². The van der Waals surface area contributed by atoms with E-state index < -0.39 is 24.2 Å². The standard InChI is InChI=1S/C7H10F2O3/c1-2-11-12-7(10)5-3-4(5)6(8)9/h4-6H,2-3H2,1H3/t4-,5+/m1/s1. The summed E-state index contributed by atoms with van der Waals surface area (Å²) in [6.45, 7) is 1.88. The number of alkyl halides is 2. The van der Waals surface area contributed by atoms with Crippen molar-refractivity contribution in [2.75, 3.05) is 6.61 Å². The third kappa shape index (κ3) is 2.14. The second-order valence-corrected chi connectivity index (χ2v) is 2.65. The maximum Gasteiger partial charge on any atom is 0.345 e. The minimum atomic E-state index is -2.43. The van der Waals surface area contributed by atoms with Crippen molar-refractivity contribution in [3.05, 3.63) is 0 Å². The molecule has 0 amide bonds. The van der Waals surface area contributed by atoms with Crippen LogP contribution < -0.4 is 0 Å². The Labute approximate surface area is 68.6 Å². The normalized spacial score (nSPS) is 27.3. The van der Waals surface area contributed by atoms with E-state index in [0.29, 0.717) is 0 Å². The van der Waals surface area contributed by atoms with E-state index in [1.807, 2.05) is 0 Å². The van der Waals surface area contributed by atoms with Crippen LogP contribution >= 0.6 is 0 Å². The van der Waals surface area contributed by atoms with Crippen molar-refractivity contribution in [1.29, 1.82) is 0 Å². The van der Waals surface area contributed by atoms with E-state index in [-0.39, 0.29) is 13.0 Å². The molecular weight excluding hydrogens is 170 g/mol. The number of hydrogen-bond acceptors (Lipinski definition) is 3. The van der Waals surface area contributed by atoms with Gasteiger partial charge in [0.15, 0.2) is 0 Å². The van der Waals surface area contributed by atoms with Gasteiger partial charge in [-0.15, -0.1) is 0 Å². The number of rotatable bonds is 4. The topological polar surface area (TPSA) is 35.5 Å². The van der Waals surface area contributed by atoms with Crippen molar-refractivity contribution < 1.29 is 23.4 Å². The lowest BCUT2D eigenvalue weighted by molar-refractivity contribution is -0.271. The maximum atomic E-state index is 11.9. The van der Waals surface area contributed by atoms with E-state index in [9.17, 15) is 13.6 Å². The molecule has 0 spiro atoms. The molecule has 1 aliphatic rings. The highest BCUT2D eigenvalue weighted by atomic mass is 19.3. The van der Waals surface area contributed by atoms with E-state index in [1.54, 1.807) is 6.92 Å². The first-order valence-corrected chi connectivity index (χ1v) is 3.78. The number of halogens is 2. The van der Waals surface area contributed by atoms with Crippen molar-refractivity contribution in [2.24, 2.45) is 11.8 Å². The van der Waals surface area contributed by atoms with Gasteiger partial charge in [-0.3, -0.25) is 4.89 Å². The molecule has 0 bridgehead atoms. The van der Waals surface area contributed by atoms with E-state index in [1.165, 1.54) is 0 Å². The molecule has 12 heavy (non-hydrogen) atoms. The monoisotopic (exact) mass is 180 g/mol. The number of hydrogen-bond donors (Lipinski definition) is 0. The zero-order valence-corrected chi connectivity index (χ0v) is 6.63. The van der Waals surface area contributed by atoms with Gasteiger partial charge in [0.25, 0.3) is 0 Å². The van der Waals surface area contributed by atoms with E-state index in [2.05, 4.69) is 9.78 Å². The average Bonchev–Trinajstić information content (AvgIpc) is 2.78. The highest BCUT2D eigenvalue weighted by Gasteiger charge is 2.50. The summed E-state index contributed by atoms with van der Waals surface area (Å²) >= 11 is 0. The van der Waals surface area contributed by atoms with Gasteiger partial charge < -0.3 is 0 Å². The summed E-state index contributed by atoms with van der Waals surface area (Å²) in [4.78, 5) is 19.4. The zero-order chi connectivity index (χ0) is 9.14. The van der Waals surface area contributed by atoms with Gasteiger partial charge in [-0.05, 0) is 13.3 Å². The molecule has 1 fully saturated rings. The summed E-state index contributed by atoms with van der Waals surface area (Å²) in [5.41, 5.74) is 0.